The number of aromatic nitrogens is 1. The van der Waals surface area contributed by atoms with Gasteiger partial charge in [0, 0.05) is 6.20 Å². The van der Waals surface area contributed by atoms with E-state index in [1.165, 1.54) is 32.1 Å². The van der Waals surface area contributed by atoms with Crippen LogP contribution in [0.15, 0.2) is 30.5 Å². The van der Waals surface area contributed by atoms with Crippen molar-refractivity contribution < 1.29 is 4.79 Å². The maximum atomic E-state index is 11.5. The van der Waals surface area contributed by atoms with Gasteiger partial charge in [0.2, 0.25) is 5.78 Å². The number of nitrogens with one attached hydrogen (secondary N) is 1. The Bertz CT molecular complexity index is 311. The normalized spacial score (nSPS) is 11.1. The molecular formula is C14H21NO. The van der Waals surface area contributed by atoms with E-state index in [9.17, 15) is 4.79 Å². The highest BCUT2D eigenvalue weighted by Crippen LogP contribution is 2.06. The first-order valence-corrected chi connectivity index (χ1v) is 6.19. The Morgan fingerprint density at radius 2 is 2.12 bits per heavy atom. The molecular weight excluding hydrogens is 198 g/mol. The van der Waals surface area contributed by atoms with E-state index in [0.717, 1.165) is 6.42 Å². The van der Waals surface area contributed by atoms with E-state index in [2.05, 4.69) is 11.9 Å². The molecule has 0 atom stereocenters. The van der Waals surface area contributed by atoms with Gasteiger partial charge in [-0.1, -0.05) is 38.7 Å². The molecule has 1 aromatic rings. The molecule has 1 heterocycles. The van der Waals surface area contributed by atoms with Gasteiger partial charge in [0.05, 0.1) is 5.69 Å². The Kier molecular flexibility index (Phi) is 6.31. The van der Waals surface area contributed by atoms with E-state index < -0.39 is 0 Å². The van der Waals surface area contributed by atoms with Gasteiger partial charge >= 0.3 is 0 Å². The molecule has 1 N–H and O–H groups in total. The smallest absolute Gasteiger partial charge is 0.201 e. The van der Waals surface area contributed by atoms with Gasteiger partial charge in [-0.3, -0.25) is 4.79 Å². The average Bonchev–Trinajstić information content (AvgIpc) is 2.81. The summed E-state index contributed by atoms with van der Waals surface area (Å²) in [5.41, 5.74) is 0.669. The maximum Gasteiger partial charge on any atom is 0.201 e. The Labute approximate surface area is 97.8 Å². The van der Waals surface area contributed by atoms with Crippen molar-refractivity contribution in [2.75, 3.05) is 0 Å². The van der Waals surface area contributed by atoms with Gasteiger partial charge in [0.15, 0.2) is 0 Å². The van der Waals surface area contributed by atoms with Crippen LogP contribution in [0.3, 0.4) is 0 Å². The summed E-state index contributed by atoms with van der Waals surface area (Å²) in [7, 11) is 0. The van der Waals surface area contributed by atoms with Gasteiger partial charge in [-0.05, 0) is 31.1 Å². The minimum atomic E-state index is 0.0681. The largest absolute Gasteiger partial charge is 0.359 e. The number of hydrogen-bond acceptors (Lipinski definition) is 1. The summed E-state index contributed by atoms with van der Waals surface area (Å²) < 4.78 is 0. The van der Waals surface area contributed by atoms with Gasteiger partial charge in [0.1, 0.15) is 0 Å². The number of H-pyrrole nitrogens is 1. The van der Waals surface area contributed by atoms with Crippen molar-refractivity contribution in [1.82, 2.24) is 4.98 Å². The number of allylic oxidation sites excluding steroid dienone is 2. The molecule has 0 aliphatic heterocycles. The Morgan fingerprint density at radius 1 is 1.31 bits per heavy atom. The van der Waals surface area contributed by atoms with Gasteiger partial charge < -0.3 is 4.98 Å². The molecule has 0 spiro atoms. The molecule has 1 rings (SSSR count). The van der Waals surface area contributed by atoms with E-state index in [1.54, 1.807) is 18.3 Å². The lowest BCUT2D eigenvalue weighted by Gasteiger charge is -1.95. The third-order valence-electron chi connectivity index (χ3n) is 2.61. The van der Waals surface area contributed by atoms with Crippen LogP contribution in [0, 0.1) is 0 Å². The van der Waals surface area contributed by atoms with Crippen LogP contribution >= 0.6 is 0 Å². The fourth-order valence-electron chi connectivity index (χ4n) is 1.63. The molecule has 0 fully saturated rings. The van der Waals surface area contributed by atoms with Crippen molar-refractivity contribution in [2.24, 2.45) is 0 Å². The Morgan fingerprint density at radius 3 is 2.81 bits per heavy atom. The van der Waals surface area contributed by atoms with Gasteiger partial charge in [-0.15, -0.1) is 0 Å². The number of hydrogen-bond donors (Lipinski definition) is 1. The molecule has 16 heavy (non-hydrogen) atoms. The van der Waals surface area contributed by atoms with Crippen LogP contribution in [-0.4, -0.2) is 10.8 Å². The maximum absolute atomic E-state index is 11.5. The topological polar surface area (TPSA) is 32.9 Å². The highest BCUT2D eigenvalue weighted by Gasteiger charge is 1.99. The average molecular weight is 219 g/mol. The second kappa shape index (κ2) is 7.91. The second-order valence-corrected chi connectivity index (χ2v) is 4.05. The number of carbonyl (C=O) groups excluding carboxylic acids is 1. The lowest BCUT2D eigenvalue weighted by Crippen LogP contribution is -1.93. The zero-order valence-corrected chi connectivity index (χ0v) is 10.0. The Hall–Kier alpha value is -1.31. The highest BCUT2D eigenvalue weighted by atomic mass is 16.1. The molecule has 0 aliphatic rings. The summed E-state index contributed by atoms with van der Waals surface area (Å²) in [6.45, 7) is 2.22. The molecule has 0 saturated heterocycles. The SMILES string of the molecule is CCCCCCCC=CC(=O)c1ccc[nH]1. The van der Waals surface area contributed by atoms with E-state index >= 15 is 0 Å². The molecule has 1 aromatic heterocycles. The standard InChI is InChI=1S/C14H21NO/c1-2-3-4-5-6-7-8-11-14(16)13-10-9-12-15-13/h8-12,15H,2-7H2,1H3. The highest BCUT2D eigenvalue weighted by molar-refractivity contribution is 6.02. The van der Waals surface area contributed by atoms with Crippen LogP contribution in [0.1, 0.15) is 55.9 Å². The first-order valence-electron chi connectivity index (χ1n) is 6.19. The quantitative estimate of drug-likeness (QED) is 0.398. The minimum absolute atomic E-state index is 0.0681. The first-order chi connectivity index (χ1) is 7.84. The summed E-state index contributed by atoms with van der Waals surface area (Å²) >= 11 is 0. The van der Waals surface area contributed by atoms with Crippen molar-refractivity contribution in [3.8, 4) is 0 Å². The van der Waals surface area contributed by atoms with Crippen LogP contribution in [-0.2, 0) is 0 Å². The number of ketones is 1. The number of unbranched alkanes of at least 4 members (excludes halogenated alkanes) is 5. The van der Waals surface area contributed by atoms with Crippen LogP contribution < -0.4 is 0 Å². The van der Waals surface area contributed by atoms with Crippen molar-refractivity contribution in [3.63, 3.8) is 0 Å². The van der Waals surface area contributed by atoms with Gasteiger partial charge in [0.25, 0.3) is 0 Å². The lowest BCUT2D eigenvalue weighted by atomic mass is 10.1. The molecule has 0 bridgehead atoms. The zero-order chi connectivity index (χ0) is 11.6. The molecule has 2 nitrogen and oxygen atoms in total. The van der Waals surface area contributed by atoms with Crippen molar-refractivity contribution in [3.05, 3.63) is 36.2 Å². The molecule has 88 valence electrons. The van der Waals surface area contributed by atoms with Crippen LogP contribution in [0.4, 0.5) is 0 Å². The summed E-state index contributed by atoms with van der Waals surface area (Å²) in [6, 6.07) is 3.64. The predicted octanol–water partition coefficient (Wildman–Crippen LogP) is 4.11. The van der Waals surface area contributed by atoms with Crippen LogP contribution in [0.5, 0.6) is 0 Å². The molecule has 2 heteroatoms. The summed E-state index contributed by atoms with van der Waals surface area (Å²) in [4.78, 5) is 14.4. The summed E-state index contributed by atoms with van der Waals surface area (Å²) in [6.07, 6.45) is 12.8. The Balaban J connectivity index is 2.11. The van der Waals surface area contributed by atoms with Crippen LogP contribution in [0.2, 0.25) is 0 Å². The monoisotopic (exact) mass is 219 g/mol. The molecule has 0 radical (unpaired) electrons. The number of carbonyl (C=O) groups is 1. The number of rotatable bonds is 8. The fraction of sp³-hybridized carbons (Fsp3) is 0.500. The molecule has 0 aromatic carbocycles. The third-order valence-corrected chi connectivity index (χ3v) is 2.61. The lowest BCUT2D eigenvalue weighted by molar-refractivity contribution is 0.104. The minimum Gasteiger partial charge on any atom is -0.359 e. The zero-order valence-electron chi connectivity index (χ0n) is 10.0. The molecule has 0 aliphatic carbocycles. The van der Waals surface area contributed by atoms with Crippen molar-refractivity contribution >= 4 is 5.78 Å². The predicted molar refractivity (Wildman–Crippen MR) is 67.6 cm³/mol. The summed E-state index contributed by atoms with van der Waals surface area (Å²) in [5.74, 6) is 0.0681. The molecule has 0 unspecified atom stereocenters. The second-order valence-electron chi connectivity index (χ2n) is 4.05. The van der Waals surface area contributed by atoms with E-state index in [1.807, 2.05) is 12.1 Å². The van der Waals surface area contributed by atoms with Crippen molar-refractivity contribution in [1.29, 1.82) is 0 Å². The first kappa shape index (κ1) is 12.8. The number of aromatic amines is 1. The summed E-state index contributed by atoms with van der Waals surface area (Å²) in [5, 5.41) is 0. The molecule has 0 amide bonds. The fourth-order valence-corrected chi connectivity index (χ4v) is 1.63. The van der Waals surface area contributed by atoms with Gasteiger partial charge in [-0.25, -0.2) is 0 Å². The molecule has 0 saturated carbocycles. The van der Waals surface area contributed by atoms with Crippen LogP contribution in [0.25, 0.3) is 0 Å². The van der Waals surface area contributed by atoms with E-state index in [4.69, 9.17) is 0 Å². The van der Waals surface area contributed by atoms with Crippen molar-refractivity contribution in [2.45, 2.75) is 45.4 Å². The third kappa shape index (κ3) is 4.96. The van der Waals surface area contributed by atoms with E-state index in [0.29, 0.717) is 5.69 Å². The van der Waals surface area contributed by atoms with Gasteiger partial charge in [-0.2, -0.15) is 0 Å². The van der Waals surface area contributed by atoms with E-state index in [-0.39, 0.29) is 5.78 Å².